The highest BCUT2D eigenvalue weighted by Gasteiger charge is 2.17. The molecule has 1 saturated heterocycles. The molecule has 0 saturated carbocycles. The maximum atomic E-state index is 11.9. The number of methoxy groups -OCH3 is 1. The molecule has 25 heavy (non-hydrogen) atoms. The topological polar surface area (TPSA) is 44.8 Å². The van der Waals surface area contributed by atoms with Crippen molar-refractivity contribution in [2.24, 2.45) is 0 Å². The highest BCUT2D eigenvalue weighted by atomic mass is 32.1. The van der Waals surface area contributed by atoms with E-state index in [0.29, 0.717) is 13.0 Å². The third-order valence-electron chi connectivity index (χ3n) is 4.47. The molecule has 1 fully saturated rings. The van der Waals surface area contributed by atoms with E-state index < -0.39 is 0 Å². The van der Waals surface area contributed by atoms with Crippen molar-refractivity contribution in [3.8, 4) is 5.75 Å². The van der Waals surface area contributed by atoms with Crippen LogP contribution < -0.4 is 15.0 Å². The summed E-state index contributed by atoms with van der Waals surface area (Å²) in [6.45, 7) is 5.68. The van der Waals surface area contributed by atoms with Crippen molar-refractivity contribution in [1.29, 1.82) is 0 Å². The third-order valence-corrected chi connectivity index (χ3v) is 5.35. The van der Waals surface area contributed by atoms with E-state index >= 15 is 0 Å². The monoisotopic (exact) mass is 359 g/mol. The first-order valence-electron chi connectivity index (χ1n) is 8.65. The van der Waals surface area contributed by atoms with E-state index in [1.54, 1.807) is 18.4 Å². The van der Waals surface area contributed by atoms with Gasteiger partial charge in [0.15, 0.2) is 0 Å². The Bertz CT molecular complexity index is 650. The van der Waals surface area contributed by atoms with Crippen LogP contribution in [-0.4, -0.2) is 57.2 Å². The van der Waals surface area contributed by atoms with Gasteiger partial charge < -0.3 is 15.0 Å². The molecule has 2 aromatic rings. The van der Waals surface area contributed by atoms with Crippen molar-refractivity contribution >= 4 is 22.9 Å². The maximum absolute atomic E-state index is 11.9. The molecular weight excluding hydrogens is 334 g/mol. The lowest BCUT2D eigenvalue weighted by atomic mass is 10.2. The van der Waals surface area contributed by atoms with Gasteiger partial charge in [0.2, 0.25) is 5.91 Å². The predicted molar refractivity (Wildman–Crippen MR) is 103 cm³/mol. The molecule has 0 radical (unpaired) electrons. The molecule has 0 atom stereocenters. The Kier molecular flexibility index (Phi) is 6.30. The van der Waals surface area contributed by atoms with Crippen LogP contribution in [0.1, 0.15) is 4.88 Å². The number of amides is 1. The Balaban J connectivity index is 1.35. The molecule has 3 rings (SSSR count). The van der Waals surface area contributed by atoms with Crippen LogP contribution in [0, 0.1) is 0 Å². The third kappa shape index (κ3) is 5.21. The van der Waals surface area contributed by atoms with Crippen LogP contribution in [0.25, 0.3) is 0 Å². The van der Waals surface area contributed by atoms with Crippen LogP contribution in [0.3, 0.4) is 0 Å². The van der Waals surface area contributed by atoms with Crippen molar-refractivity contribution in [3.05, 3.63) is 46.7 Å². The summed E-state index contributed by atoms with van der Waals surface area (Å²) >= 11 is 1.63. The number of piperazine rings is 1. The van der Waals surface area contributed by atoms with Gasteiger partial charge >= 0.3 is 0 Å². The van der Waals surface area contributed by atoms with E-state index in [1.165, 1.54) is 5.69 Å². The minimum atomic E-state index is 0.110. The zero-order valence-corrected chi connectivity index (χ0v) is 15.4. The molecule has 1 amide bonds. The van der Waals surface area contributed by atoms with Crippen LogP contribution in [0.2, 0.25) is 0 Å². The molecule has 134 valence electrons. The molecule has 5 nitrogen and oxygen atoms in total. The molecule has 0 unspecified atom stereocenters. The van der Waals surface area contributed by atoms with Gasteiger partial charge in [-0.2, -0.15) is 0 Å². The molecule has 0 bridgehead atoms. The van der Waals surface area contributed by atoms with Crippen molar-refractivity contribution in [1.82, 2.24) is 10.2 Å². The molecule has 1 aliphatic rings. The summed E-state index contributed by atoms with van der Waals surface area (Å²) in [5, 5.41) is 5.03. The van der Waals surface area contributed by atoms with Crippen molar-refractivity contribution in [3.63, 3.8) is 0 Å². The van der Waals surface area contributed by atoms with Gasteiger partial charge in [-0.15, -0.1) is 11.3 Å². The lowest BCUT2D eigenvalue weighted by Gasteiger charge is -2.36. The standard InChI is InChI=1S/C19H25N3O2S/c1-24-17-6-4-16(5-7-17)22-12-10-21(11-13-22)9-8-20-19(23)15-18-3-2-14-25-18/h2-7,14H,8-13,15H2,1H3,(H,20,23). The van der Waals surface area contributed by atoms with Crippen LogP contribution >= 0.6 is 11.3 Å². The molecule has 1 aliphatic heterocycles. The lowest BCUT2D eigenvalue weighted by molar-refractivity contribution is -0.120. The number of anilines is 1. The second-order valence-electron chi connectivity index (χ2n) is 6.13. The highest BCUT2D eigenvalue weighted by molar-refractivity contribution is 7.10. The Hall–Kier alpha value is -2.05. The average molecular weight is 359 g/mol. The van der Waals surface area contributed by atoms with E-state index in [4.69, 9.17) is 4.74 Å². The minimum absolute atomic E-state index is 0.110. The van der Waals surface area contributed by atoms with Gasteiger partial charge in [0.1, 0.15) is 5.75 Å². The van der Waals surface area contributed by atoms with Gasteiger partial charge in [-0.25, -0.2) is 0 Å². The Labute approximate surface area is 153 Å². The molecule has 0 spiro atoms. The number of benzene rings is 1. The largest absolute Gasteiger partial charge is 0.497 e. The number of nitrogens with one attached hydrogen (secondary N) is 1. The molecular formula is C19H25N3O2S. The molecule has 1 aromatic carbocycles. The summed E-state index contributed by atoms with van der Waals surface area (Å²) in [5.74, 6) is 1.000. The fraction of sp³-hybridized carbons (Fsp3) is 0.421. The van der Waals surface area contributed by atoms with Crippen molar-refractivity contribution in [2.75, 3.05) is 51.3 Å². The molecule has 1 N–H and O–H groups in total. The van der Waals surface area contributed by atoms with E-state index in [1.807, 2.05) is 29.6 Å². The summed E-state index contributed by atoms with van der Waals surface area (Å²) in [5.41, 5.74) is 1.24. The van der Waals surface area contributed by atoms with Gasteiger partial charge in [-0.3, -0.25) is 9.69 Å². The van der Waals surface area contributed by atoms with Gasteiger partial charge in [0.05, 0.1) is 13.5 Å². The molecule has 1 aromatic heterocycles. The summed E-state index contributed by atoms with van der Waals surface area (Å²) < 4.78 is 5.21. The second-order valence-corrected chi connectivity index (χ2v) is 7.17. The van der Waals surface area contributed by atoms with Gasteiger partial charge in [-0.05, 0) is 35.7 Å². The first kappa shape index (κ1) is 17.8. The smallest absolute Gasteiger partial charge is 0.225 e. The molecule has 0 aliphatic carbocycles. The zero-order valence-electron chi connectivity index (χ0n) is 14.6. The maximum Gasteiger partial charge on any atom is 0.225 e. The number of thiophene rings is 1. The Morgan fingerprint density at radius 3 is 2.56 bits per heavy atom. The van der Waals surface area contributed by atoms with E-state index in [2.05, 4.69) is 27.2 Å². The van der Waals surface area contributed by atoms with Crippen molar-refractivity contribution < 1.29 is 9.53 Å². The van der Waals surface area contributed by atoms with Crippen LogP contribution in [0.5, 0.6) is 5.75 Å². The van der Waals surface area contributed by atoms with E-state index in [0.717, 1.165) is 43.4 Å². The number of ether oxygens (including phenoxy) is 1. The van der Waals surface area contributed by atoms with Gasteiger partial charge in [0, 0.05) is 49.8 Å². The Morgan fingerprint density at radius 2 is 1.92 bits per heavy atom. The number of hydrogen-bond donors (Lipinski definition) is 1. The minimum Gasteiger partial charge on any atom is -0.497 e. The number of hydrogen-bond acceptors (Lipinski definition) is 5. The average Bonchev–Trinajstić information content (AvgIpc) is 3.15. The fourth-order valence-electron chi connectivity index (χ4n) is 3.01. The highest BCUT2D eigenvalue weighted by Crippen LogP contribution is 2.20. The zero-order chi connectivity index (χ0) is 17.5. The van der Waals surface area contributed by atoms with Crippen LogP contribution in [0.4, 0.5) is 5.69 Å². The SMILES string of the molecule is COc1ccc(N2CCN(CCNC(=O)Cc3cccs3)CC2)cc1. The van der Waals surface area contributed by atoms with Gasteiger partial charge in [0.25, 0.3) is 0 Å². The first-order valence-corrected chi connectivity index (χ1v) is 9.53. The summed E-state index contributed by atoms with van der Waals surface area (Å²) in [6, 6.07) is 12.2. The molecule has 2 heterocycles. The number of carbonyl (C=O) groups excluding carboxylic acids is 1. The molecule has 6 heteroatoms. The quantitative estimate of drug-likeness (QED) is 0.823. The number of nitrogens with zero attached hydrogens (tertiary/aromatic N) is 2. The number of carbonyl (C=O) groups is 1. The summed E-state index contributed by atoms with van der Waals surface area (Å²) in [7, 11) is 1.69. The van der Waals surface area contributed by atoms with Crippen LogP contribution in [0.15, 0.2) is 41.8 Å². The predicted octanol–water partition coefficient (Wildman–Crippen LogP) is 2.24. The second kappa shape index (κ2) is 8.87. The Morgan fingerprint density at radius 1 is 1.16 bits per heavy atom. The van der Waals surface area contributed by atoms with Crippen LogP contribution in [-0.2, 0) is 11.2 Å². The van der Waals surface area contributed by atoms with E-state index in [9.17, 15) is 4.79 Å². The first-order chi connectivity index (χ1) is 12.2. The lowest BCUT2D eigenvalue weighted by Crippen LogP contribution is -2.48. The van der Waals surface area contributed by atoms with Gasteiger partial charge in [-0.1, -0.05) is 6.07 Å². The fourth-order valence-corrected chi connectivity index (χ4v) is 3.71. The summed E-state index contributed by atoms with van der Waals surface area (Å²) in [4.78, 5) is 17.8. The van der Waals surface area contributed by atoms with Crippen molar-refractivity contribution in [2.45, 2.75) is 6.42 Å². The van der Waals surface area contributed by atoms with E-state index in [-0.39, 0.29) is 5.91 Å². The number of rotatable bonds is 7. The summed E-state index contributed by atoms with van der Waals surface area (Å²) in [6.07, 6.45) is 0.489. The normalized spacial score (nSPS) is 15.2.